The Kier molecular flexibility index (Phi) is 7.22. The summed E-state index contributed by atoms with van der Waals surface area (Å²) < 4.78 is 6.41. The van der Waals surface area contributed by atoms with Crippen LogP contribution in [0.4, 0.5) is 0 Å². The van der Waals surface area contributed by atoms with Gasteiger partial charge in [0.15, 0.2) is 0 Å². The molecule has 116 valence electrons. The molecule has 0 heterocycles. The summed E-state index contributed by atoms with van der Waals surface area (Å²) in [7, 11) is 0. The van der Waals surface area contributed by atoms with E-state index in [1.165, 1.54) is 0 Å². The van der Waals surface area contributed by atoms with Crippen molar-refractivity contribution in [3.63, 3.8) is 0 Å². The predicted molar refractivity (Wildman–Crippen MR) is 83.3 cm³/mol. The topological polar surface area (TPSA) is 75.6 Å². The van der Waals surface area contributed by atoms with Gasteiger partial charge >= 0.3 is 5.97 Å². The van der Waals surface area contributed by atoms with E-state index in [4.69, 9.17) is 9.84 Å². The number of amides is 1. The van der Waals surface area contributed by atoms with Crippen molar-refractivity contribution in [1.82, 2.24) is 5.32 Å². The quantitative estimate of drug-likeness (QED) is 0.701. The molecule has 1 atom stereocenters. The maximum Gasteiger partial charge on any atom is 0.326 e. The van der Waals surface area contributed by atoms with Crippen molar-refractivity contribution in [3.05, 3.63) is 28.7 Å². The van der Waals surface area contributed by atoms with E-state index in [1.54, 1.807) is 13.8 Å². The summed E-state index contributed by atoms with van der Waals surface area (Å²) in [6, 6.07) is 6.63. The average molecular weight is 358 g/mol. The second-order valence-electron chi connectivity index (χ2n) is 5.01. The summed E-state index contributed by atoms with van der Waals surface area (Å²) in [6.07, 6.45) is 0.762. The molecule has 0 bridgehead atoms. The van der Waals surface area contributed by atoms with Gasteiger partial charge in [-0.3, -0.25) is 4.79 Å². The molecule has 6 heteroatoms. The van der Waals surface area contributed by atoms with Crippen molar-refractivity contribution in [2.45, 2.75) is 32.7 Å². The fraction of sp³-hybridized carbons (Fsp3) is 0.467. The molecule has 0 aliphatic carbocycles. The number of carboxylic acid groups (broad SMARTS) is 1. The molecule has 1 amide bonds. The van der Waals surface area contributed by atoms with Gasteiger partial charge in [-0.1, -0.05) is 26.0 Å². The number of carbonyl (C=O) groups excluding carboxylic acids is 1. The van der Waals surface area contributed by atoms with Crippen molar-refractivity contribution in [1.29, 1.82) is 0 Å². The van der Waals surface area contributed by atoms with Crippen LogP contribution in [-0.2, 0) is 9.59 Å². The molecule has 5 nitrogen and oxygen atoms in total. The molecule has 0 aliphatic rings. The lowest BCUT2D eigenvalue weighted by Gasteiger charge is -2.17. The van der Waals surface area contributed by atoms with Gasteiger partial charge in [-0.25, -0.2) is 4.79 Å². The molecule has 21 heavy (non-hydrogen) atoms. The van der Waals surface area contributed by atoms with E-state index in [2.05, 4.69) is 21.2 Å². The Morgan fingerprint density at radius 3 is 2.57 bits per heavy atom. The lowest BCUT2D eigenvalue weighted by atomic mass is 10.0. The van der Waals surface area contributed by atoms with E-state index in [0.29, 0.717) is 13.0 Å². The van der Waals surface area contributed by atoms with E-state index >= 15 is 0 Å². The molecule has 0 radical (unpaired) electrons. The minimum absolute atomic E-state index is 0.150. The molecule has 0 spiro atoms. The minimum atomic E-state index is -1.01. The number of ether oxygens (including phenoxy) is 1. The number of carboxylic acids is 1. The van der Waals surface area contributed by atoms with Crippen LogP contribution in [0.5, 0.6) is 5.75 Å². The molecule has 0 aromatic heterocycles. The maximum absolute atomic E-state index is 11.7. The zero-order valence-electron chi connectivity index (χ0n) is 12.1. The third-order valence-corrected chi connectivity index (χ3v) is 3.55. The SMILES string of the molecule is CC(C)C(NC(=O)CCCOc1ccccc1Br)C(=O)O. The third kappa shape index (κ3) is 6.16. The number of para-hydroxylation sites is 1. The zero-order chi connectivity index (χ0) is 15.8. The molecular formula is C15H20BrNO4. The van der Waals surface area contributed by atoms with Crippen molar-refractivity contribution in [2.24, 2.45) is 5.92 Å². The van der Waals surface area contributed by atoms with E-state index in [9.17, 15) is 9.59 Å². The Bertz CT molecular complexity index is 490. The van der Waals surface area contributed by atoms with Crippen LogP contribution in [-0.4, -0.2) is 29.6 Å². The first-order chi connectivity index (χ1) is 9.91. The number of nitrogens with one attached hydrogen (secondary N) is 1. The summed E-state index contributed by atoms with van der Waals surface area (Å²) in [6.45, 7) is 3.92. The lowest BCUT2D eigenvalue weighted by Crippen LogP contribution is -2.44. The molecule has 0 fully saturated rings. The molecule has 1 unspecified atom stereocenters. The van der Waals surface area contributed by atoms with Crippen LogP contribution in [0.15, 0.2) is 28.7 Å². The number of aliphatic carboxylic acids is 1. The van der Waals surface area contributed by atoms with Crippen LogP contribution < -0.4 is 10.1 Å². The molecule has 1 aromatic rings. The van der Waals surface area contributed by atoms with E-state index < -0.39 is 12.0 Å². The van der Waals surface area contributed by atoms with Gasteiger partial charge in [-0.05, 0) is 40.4 Å². The van der Waals surface area contributed by atoms with Gasteiger partial charge in [0.2, 0.25) is 5.91 Å². The van der Waals surface area contributed by atoms with Crippen LogP contribution in [0, 0.1) is 5.92 Å². The molecular weight excluding hydrogens is 338 g/mol. The van der Waals surface area contributed by atoms with Crippen LogP contribution in [0.25, 0.3) is 0 Å². The number of benzene rings is 1. The van der Waals surface area contributed by atoms with Crippen molar-refractivity contribution < 1.29 is 19.4 Å². The first-order valence-electron chi connectivity index (χ1n) is 6.81. The highest BCUT2D eigenvalue weighted by molar-refractivity contribution is 9.10. The average Bonchev–Trinajstić information content (AvgIpc) is 2.42. The van der Waals surface area contributed by atoms with Crippen molar-refractivity contribution >= 4 is 27.8 Å². The van der Waals surface area contributed by atoms with Crippen LogP contribution in [0.3, 0.4) is 0 Å². The number of carbonyl (C=O) groups is 2. The third-order valence-electron chi connectivity index (χ3n) is 2.89. The molecule has 0 aliphatic heterocycles. The number of hydrogen-bond acceptors (Lipinski definition) is 3. The zero-order valence-corrected chi connectivity index (χ0v) is 13.7. The van der Waals surface area contributed by atoms with Gasteiger partial charge in [-0.15, -0.1) is 0 Å². The van der Waals surface area contributed by atoms with Crippen molar-refractivity contribution in [3.8, 4) is 5.75 Å². The fourth-order valence-corrected chi connectivity index (χ4v) is 2.14. The normalized spacial score (nSPS) is 12.0. The van der Waals surface area contributed by atoms with Crippen LogP contribution in [0.2, 0.25) is 0 Å². The Morgan fingerprint density at radius 1 is 1.33 bits per heavy atom. The summed E-state index contributed by atoms with van der Waals surface area (Å²) in [5, 5.41) is 11.5. The van der Waals surface area contributed by atoms with Gasteiger partial charge in [0.25, 0.3) is 0 Å². The smallest absolute Gasteiger partial charge is 0.326 e. The number of halogens is 1. The van der Waals surface area contributed by atoms with Crippen molar-refractivity contribution in [2.75, 3.05) is 6.61 Å². The van der Waals surface area contributed by atoms with Crippen LogP contribution >= 0.6 is 15.9 Å². The first-order valence-corrected chi connectivity index (χ1v) is 7.60. The largest absolute Gasteiger partial charge is 0.492 e. The van der Waals surface area contributed by atoms with Crippen LogP contribution in [0.1, 0.15) is 26.7 Å². The van der Waals surface area contributed by atoms with Gasteiger partial charge < -0.3 is 15.2 Å². The Morgan fingerprint density at radius 2 is 2.00 bits per heavy atom. The number of hydrogen-bond donors (Lipinski definition) is 2. The van der Waals surface area contributed by atoms with E-state index in [1.807, 2.05) is 24.3 Å². The van der Waals surface area contributed by atoms with Gasteiger partial charge in [0.1, 0.15) is 11.8 Å². The van der Waals surface area contributed by atoms with E-state index in [0.717, 1.165) is 10.2 Å². The predicted octanol–water partition coefficient (Wildman–Crippen LogP) is 2.83. The second kappa shape index (κ2) is 8.67. The summed E-state index contributed by atoms with van der Waals surface area (Å²) in [4.78, 5) is 22.7. The Hall–Kier alpha value is -1.56. The number of rotatable bonds is 8. The van der Waals surface area contributed by atoms with Gasteiger partial charge in [0.05, 0.1) is 11.1 Å². The second-order valence-corrected chi connectivity index (χ2v) is 5.86. The molecule has 1 rings (SSSR count). The highest BCUT2D eigenvalue weighted by atomic mass is 79.9. The molecule has 2 N–H and O–H groups in total. The van der Waals surface area contributed by atoms with E-state index in [-0.39, 0.29) is 18.2 Å². The Labute approximate surface area is 132 Å². The standard InChI is InChI=1S/C15H20BrNO4/c1-10(2)14(15(19)20)17-13(18)8-5-9-21-12-7-4-3-6-11(12)16/h3-4,6-7,10,14H,5,8-9H2,1-2H3,(H,17,18)(H,19,20). The maximum atomic E-state index is 11.7. The molecule has 1 aromatic carbocycles. The lowest BCUT2D eigenvalue weighted by molar-refractivity contribution is -0.143. The fourth-order valence-electron chi connectivity index (χ4n) is 1.74. The highest BCUT2D eigenvalue weighted by Crippen LogP contribution is 2.23. The summed E-state index contributed by atoms with van der Waals surface area (Å²) >= 11 is 3.37. The van der Waals surface area contributed by atoms with Gasteiger partial charge in [-0.2, -0.15) is 0 Å². The minimum Gasteiger partial charge on any atom is -0.492 e. The monoisotopic (exact) mass is 357 g/mol. The Balaban J connectivity index is 2.31. The highest BCUT2D eigenvalue weighted by Gasteiger charge is 2.22. The summed E-state index contributed by atoms with van der Waals surface area (Å²) in [5.41, 5.74) is 0. The first kappa shape index (κ1) is 17.5. The van der Waals surface area contributed by atoms with Gasteiger partial charge in [0, 0.05) is 6.42 Å². The molecule has 0 saturated heterocycles. The summed E-state index contributed by atoms with van der Waals surface area (Å²) in [5.74, 6) is -0.707. The molecule has 0 saturated carbocycles.